The van der Waals surface area contributed by atoms with Crippen molar-refractivity contribution in [2.24, 2.45) is 0 Å². The van der Waals surface area contributed by atoms with E-state index in [1.54, 1.807) is 19.1 Å². The highest BCUT2D eigenvalue weighted by atomic mass is 32.2. The van der Waals surface area contributed by atoms with Gasteiger partial charge >= 0.3 is 0 Å². The molecule has 1 fully saturated rings. The van der Waals surface area contributed by atoms with Crippen LogP contribution in [0.1, 0.15) is 61.9 Å². The molecule has 3 rings (SSSR count). The summed E-state index contributed by atoms with van der Waals surface area (Å²) in [6.45, 7) is 2.08. The zero-order valence-electron chi connectivity index (χ0n) is 21.4. The van der Waals surface area contributed by atoms with Crippen LogP contribution in [0.3, 0.4) is 0 Å². The largest absolute Gasteiger partial charge is 0.352 e. The lowest BCUT2D eigenvalue weighted by molar-refractivity contribution is -0.139. The quantitative estimate of drug-likeness (QED) is 0.472. The normalized spacial score (nSPS) is 15.0. The molecular weight excluding hydrogens is 497 g/mol. The molecule has 1 aliphatic rings. The smallest absolute Gasteiger partial charge is 0.244 e. The van der Waals surface area contributed by atoms with Crippen LogP contribution in [0.5, 0.6) is 0 Å². The SMILES string of the molecule is CC(=O)c1cccc(N(CC(=O)N(Cc2ccccc2F)[C@H](C)C(=O)NC2CCCCC2)S(C)(=O)=O)c1. The summed E-state index contributed by atoms with van der Waals surface area (Å²) in [7, 11) is -3.94. The van der Waals surface area contributed by atoms with E-state index in [4.69, 9.17) is 0 Å². The second-order valence-electron chi connectivity index (χ2n) is 9.51. The number of rotatable bonds is 10. The molecule has 1 saturated carbocycles. The Hall–Kier alpha value is -3.27. The molecule has 10 heteroatoms. The van der Waals surface area contributed by atoms with Gasteiger partial charge in [-0.05, 0) is 44.9 Å². The zero-order chi connectivity index (χ0) is 27.2. The third kappa shape index (κ3) is 7.61. The van der Waals surface area contributed by atoms with Gasteiger partial charge in [0.1, 0.15) is 18.4 Å². The molecule has 0 spiro atoms. The van der Waals surface area contributed by atoms with Crippen LogP contribution >= 0.6 is 0 Å². The Labute approximate surface area is 217 Å². The third-order valence-corrected chi connectivity index (χ3v) is 7.78. The molecule has 200 valence electrons. The first-order valence-electron chi connectivity index (χ1n) is 12.4. The first-order valence-corrected chi connectivity index (χ1v) is 14.2. The number of ketones is 1. The molecule has 8 nitrogen and oxygen atoms in total. The number of amides is 2. The minimum absolute atomic E-state index is 0.0101. The maximum atomic E-state index is 14.5. The predicted molar refractivity (Wildman–Crippen MR) is 140 cm³/mol. The van der Waals surface area contributed by atoms with Crippen molar-refractivity contribution in [1.29, 1.82) is 0 Å². The van der Waals surface area contributed by atoms with Gasteiger partial charge in [0.15, 0.2) is 5.78 Å². The first kappa shape index (κ1) is 28.3. The molecule has 2 aromatic rings. The van der Waals surface area contributed by atoms with Crippen molar-refractivity contribution >= 4 is 33.3 Å². The highest BCUT2D eigenvalue weighted by molar-refractivity contribution is 7.92. The number of anilines is 1. The predicted octanol–water partition coefficient (Wildman–Crippen LogP) is 3.66. The van der Waals surface area contributed by atoms with Gasteiger partial charge in [0.05, 0.1) is 11.9 Å². The number of hydrogen-bond donors (Lipinski definition) is 1. The first-order chi connectivity index (χ1) is 17.5. The molecule has 0 radical (unpaired) electrons. The molecule has 0 aliphatic heterocycles. The fourth-order valence-corrected chi connectivity index (χ4v) is 5.30. The van der Waals surface area contributed by atoms with Gasteiger partial charge in [0, 0.05) is 23.7 Å². The molecule has 0 saturated heterocycles. The number of benzene rings is 2. The zero-order valence-corrected chi connectivity index (χ0v) is 22.3. The summed E-state index contributed by atoms with van der Waals surface area (Å²) < 4.78 is 40.8. The van der Waals surface area contributed by atoms with Crippen LogP contribution < -0.4 is 9.62 Å². The van der Waals surface area contributed by atoms with Crippen LogP contribution in [0.4, 0.5) is 10.1 Å². The summed E-state index contributed by atoms with van der Waals surface area (Å²) in [6, 6.07) is 10.9. The lowest BCUT2D eigenvalue weighted by Crippen LogP contribution is -2.53. The standard InChI is InChI=1S/C27H34FN3O5S/c1-19(27(34)29-23-12-5-4-6-13-23)30(17-22-10-7-8-15-25(22)28)26(33)18-31(37(3,35)36)24-14-9-11-21(16-24)20(2)32/h7-11,14-16,19,23H,4-6,12-13,17-18H2,1-3H3,(H,29,34)/t19-/m1/s1. The maximum Gasteiger partial charge on any atom is 0.244 e. The Kier molecular flexibility index (Phi) is 9.42. The summed E-state index contributed by atoms with van der Waals surface area (Å²) in [4.78, 5) is 39.8. The summed E-state index contributed by atoms with van der Waals surface area (Å²) in [5, 5.41) is 2.99. The van der Waals surface area contributed by atoms with Crippen LogP contribution in [0.2, 0.25) is 0 Å². The van der Waals surface area contributed by atoms with Gasteiger partial charge in [-0.1, -0.05) is 49.6 Å². The summed E-state index contributed by atoms with van der Waals surface area (Å²) in [5.41, 5.74) is 0.647. The Bertz CT molecular complexity index is 1240. The molecule has 0 unspecified atom stereocenters. The number of halogens is 1. The van der Waals surface area contributed by atoms with Gasteiger partial charge in [-0.2, -0.15) is 0 Å². The Morgan fingerprint density at radius 3 is 2.35 bits per heavy atom. The van der Waals surface area contributed by atoms with Crippen molar-refractivity contribution in [3.63, 3.8) is 0 Å². The van der Waals surface area contributed by atoms with Gasteiger partial charge in [-0.15, -0.1) is 0 Å². The molecule has 1 N–H and O–H groups in total. The van der Waals surface area contributed by atoms with Crippen LogP contribution in [-0.2, 0) is 26.2 Å². The van der Waals surface area contributed by atoms with Gasteiger partial charge in [-0.3, -0.25) is 18.7 Å². The van der Waals surface area contributed by atoms with E-state index in [2.05, 4.69) is 5.32 Å². The van der Waals surface area contributed by atoms with Crippen LogP contribution in [0, 0.1) is 5.82 Å². The fraction of sp³-hybridized carbons (Fsp3) is 0.444. The summed E-state index contributed by atoms with van der Waals surface area (Å²) in [6.07, 6.45) is 5.81. The van der Waals surface area contributed by atoms with Crippen LogP contribution in [0.25, 0.3) is 0 Å². The molecule has 1 atom stereocenters. The van der Waals surface area contributed by atoms with Gasteiger partial charge in [0.25, 0.3) is 0 Å². The molecule has 0 heterocycles. The fourth-order valence-electron chi connectivity index (χ4n) is 4.46. The van der Waals surface area contributed by atoms with E-state index in [0.29, 0.717) is 5.56 Å². The van der Waals surface area contributed by atoms with Gasteiger partial charge in [-0.25, -0.2) is 12.8 Å². The van der Waals surface area contributed by atoms with Crippen LogP contribution in [-0.4, -0.2) is 55.8 Å². The monoisotopic (exact) mass is 531 g/mol. The molecule has 1 aliphatic carbocycles. The molecular formula is C27H34FN3O5S. The number of nitrogens with zero attached hydrogens (tertiary/aromatic N) is 2. The van der Waals surface area contributed by atoms with Crippen molar-refractivity contribution < 1.29 is 27.2 Å². The van der Waals surface area contributed by atoms with Crippen molar-refractivity contribution in [1.82, 2.24) is 10.2 Å². The summed E-state index contributed by atoms with van der Waals surface area (Å²) >= 11 is 0. The molecule has 37 heavy (non-hydrogen) atoms. The molecule has 0 aromatic heterocycles. The maximum absolute atomic E-state index is 14.5. The number of nitrogens with one attached hydrogen (secondary N) is 1. The van der Waals surface area contributed by atoms with Crippen LogP contribution in [0.15, 0.2) is 48.5 Å². The lowest BCUT2D eigenvalue weighted by Gasteiger charge is -2.33. The number of sulfonamides is 1. The minimum Gasteiger partial charge on any atom is -0.352 e. The Morgan fingerprint density at radius 2 is 1.73 bits per heavy atom. The molecule has 2 aromatic carbocycles. The highest BCUT2D eigenvalue weighted by Gasteiger charge is 2.31. The van der Waals surface area contributed by atoms with E-state index < -0.39 is 34.3 Å². The Balaban J connectivity index is 1.91. The number of hydrogen-bond acceptors (Lipinski definition) is 5. The van der Waals surface area contributed by atoms with Gasteiger partial charge < -0.3 is 10.2 Å². The Morgan fingerprint density at radius 1 is 1.05 bits per heavy atom. The molecule has 2 amide bonds. The second kappa shape index (κ2) is 12.3. The van der Waals surface area contributed by atoms with Crippen molar-refractivity contribution in [3.8, 4) is 0 Å². The van der Waals surface area contributed by atoms with Crippen molar-refractivity contribution in [2.45, 2.75) is 64.6 Å². The van der Waals surface area contributed by atoms with E-state index in [9.17, 15) is 27.2 Å². The molecule has 0 bridgehead atoms. The average Bonchev–Trinajstić information content (AvgIpc) is 2.86. The van der Waals surface area contributed by atoms with E-state index in [-0.39, 0.29) is 35.5 Å². The highest BCUT2D eigenvalue weighted by Crippen LogP contribution is 2.22. The van der Waals surface area contributed by atoms with E-state index in [0.717, 1.165) is 42.7 Å². The second-order valence-corrected chi connectivity index (χ2v) is 11.4. The van der Waals surface area contributed by atoms with E-state index in [1.807, 2.05) is 0 Å². The average molecular weight is 532 g/mol. The minimum atomic E-state index is -3.94. The topological polar surface area (TPSA) is 104 Å². The summed E-state index contributed by atoms with van der Waals surface area (Å²) in [5.74, 6) is -1.83. The van der Waals surface area contributed by atoms with E-state index in [1.165, 1.54) is 48.2 Å². The van der Waals surface area contributed by atoms with Crippen molar-refractivity contribution in [3.05, 3.63) is 65.5 Å². The number of Topliss-reactive ketones (excluding diaryl/α,β-unsaturated/α-hetero) is 1. The third-order valence-electron chi connectivity index (χ3n) is 6.64. The van der Waals surface area contributed by atoms with Crippen molar-refractivity contribution in [2.75, 3.05) is 17.1 Å². The number of carbonyl (C=O) groups is 3. The number of carbonyl (C=O) groups excluding carboxylic acids is 3. The van der Waals surface area contributed by atoms with Gasteiger partial charge in [0.2, 0.25) is 21.8 Å². The van der Waals surface area contributed by atoms with E-state index >= 15 is 0 Å². The lowest BCUT2D eigenvalue weighted by atomic mass is 9.95.